The number of para-hydroxylation sites is 1. The Morgan fingerprint density at radius 2 is 2.26 bits per heavy atom. The largest absolute Gasteiger partial charge is 0.469 e. The highest BCUT2D eigenvalue weighted by molar-refractivity contribution is 7.20. The summed E-state index contributed by atoms with van der Waals surface area (Å²) in [6.07, 6.45) is 3.88. The van der Waals surface area contributed by atoms with E-state index in [1.54, 1.807) is 12.3 Å². The van der Waals surface area contributed by atoms with Gasteiger partial charge in [-0.3, -0.25) is 4.79 Å². The average Bonchev–Trinajstić information content (AvgIpc) is 3.20. The SMILES string of the molecule is O=C(NCC1(O)CCCc2occc21)c1nc2ccccc2s1. The van der Waals surface area contributed by atoms with Gasteiger partial charge in [0.2, 0.25) is 0 Å². The molecule has 5 nitrogen and oxygen atoms in total. The lowest BCUT2D eigenvalue weighted by Gasteiger charge is -2.31. The van der Waals surface area contributed by atoms with E-state index in [9.17, 15) is 9.90 Å². The highest BCUT2D eigenvalue weighted by Crippen LogP contribution is 2.35. The van der Waals surface area contributed by atoms with E-state index in [1.165, 1.54) is 11.3 Å². The van der Waals surface area contributed by atoms with Crippen LogP contribution in [0.5, 0.6) is 0 Å². The maximum absolute atomic E-state index is 12.4. The van der Waals surface area contributed by atoms with Crippen molar-refractivity contribution in [2.75, 3.05) is 6.54 Å². The van der Waals surface area contributed by atoms with Gasteiger partial charge in [0, 0.05) is 12.0 Å². The molecule has 1 atom stereocenters. The predicted octanol–water partition coefficient (Wildman–Crippen LogP) is 2.84. The quantitative estimate of drug-likeness (QED) is 0.775. The standard InChI is InChI=1S/C17H16N2O3S/c20-15(16-19-12-4-1-2-6-14(12)23-16)18-10-17(21)8-3-5-13-11(17)7-9-22-13/h1-2,4,6-7,9,21H,3,5,8,10H2,(H,18,20). The molecule has 3 aromatic rings. The van der Waals surface area contributed by atoms with E-state index in [4.69, 9.17) is 4.42 Å². The molecule has 6 heteroatoms. The number of aryl methyl sites for hydroxylation is 1. The number of hydrogen-bond acceptors (Lipinski definition) is 5. The first-order valence-electron chi connectivity index (χ1n) is 7.59. The molecule has 1 amide bonds. The minimum atomic E-state index is -1.06. The van der Waals surface area contributed by atoms with E-state index < -0.39 is 5.60 Å². The molecule has 0 fully saturated rings. The fourth-order valence-electron chi connectivity index (χ4n) is 3.08. The zero-order valence-electron chi connectivity index (χ0n) is 12.4. The number of hydrogen-bond donors (Lipinski definition) is 2. The van der Waals surface area contributed by atoms with Crippen LogP contribution in [0.4, 0.5) is 0 Å². The molecule has 2 aromatic heterocycles. The molecule has 4 rings (SSSR count). The van der Waals surface area contributed by atoms with Gasteiger partial charge in [0.15, 0.2) is 5.01 Å². The van der Waals surface area contributed by atoms with Gasteiger partial charge in [-0.1, -0.05) is 12.1 Å². The maximum Gasteiger partial charge on any atom is 0.280 e. The van der Waals surface area contributed by atoms with Gasteiger partial charge in [-0.05, 0) is 31.0 Å². The van der Waals surface area contributed by atoms with Crippen molar-refractivity contribution in [1.82, 2.24) is 10.3 Å². The molecule has 1 aliphatic carbocycles. The second kappa shape index (κ2) is 5.47. The lowest BCUT2D eigenvalue weighted by Crippen LogP contribution is -2.42. The lowest BCUT2D eigenvalue weighted by atomic mass is 9.83. The smallest absolute Gasteiger partial charge is 0.280 e. The van der Waals surface area contributed by atoms with E-state index in [-0.39, 0.29) is 12.5 Å². The number of carbonyl (C=O) groups excluding carboxylic acids is 1. The van der Waals surface area contributed by atoms with E-state index in [2.05, 4.69) is 10.3 Å². The normalized spacial score (nSPS) is 20.4. The van der Waals surface area contributed by atoms with E-state index >= 15 is 0 Å². The third-order valence-corrected chi connectivity index (χ3v) is 5.31. The van der Waals surface area contributed by atoms with Gasteiger partial charge in [-0.25, -0.2) is 4.98 Å². The molecule has 0 aliphatic heterocycles. The van der Waals surface area contributed by atoms with Gasteiger partial charge >= 0.3 is 0 Å². The Hall–Kier alpha value is -2.18. The molecule has 118 valence electrons. The van der Waals surface area contributed by atoms with Gasteiger partial charge in [-0.2, -0.15) is 0 Å². The number of aromatic nitrogens is 1. The number of aliphatic hydroxyl groups is 1. The van der Waals surface area contributed by atoms with Gasteiger partial charge in [0.1, 0.15) is 11.4 Å². The van der Waals surface area contributed by atoms with Crippen molar-refractivity contribution in [1.29, 1.82) is 0 Å². The fourth-order valence-corrected chi connectivity index (χ4v) is 3.96. The first-order chi connectivity index (χ1) is 11.2. The molecule has 2 heterocycles. The summed E-state index contributed by atoms with van der Waals surface area (Å²) in [4.78, 5) is 16.7. The van der Waals surface area contributed by atoms with Gasteiger partial charge < -0.3 is 14.8 Å². The van der Waals surface area contributed by atoms with Crippen LogP contribution >= 0.6 is 11.3 Å². The summed E-state index contributed by atoms with van der Waals surface area (Å²) in [5, 5.41) is 14.1. The van der Waals surface area contributed by atoms with Crippen LogP contribution in [0.1, 0.15) is 34.0 Å². The monoisotopic (exact) mass is 328 g/mol. The summed E-state index contributed by atoms with van der Waals surface area (Å²) in [7, 11) is 0. The number of carbonyl (C=O) groups is 1. The van der Waals surface area contributed by atoms with Crippen molar-refractivity contribution in [2.45, 2.75) is 24.9 Å². The zero-order chi connectivity index (χ0) is 15.9. The Bertz CT molecular complexity index is 836. The average molecular weight is 328 g/mol. The molecule has 0 saturated heterocycles. The molecule has 1 unspecified atom stereocenters. The molecule has 1 aromatic carbocycles. The summed E-state index contributed by atoms with van der Waals surface area (Å²) in [5.41, 5.74) is 0.539. The minimum absolute atomic E-state index is 0.161. The van der Waals surface area contributed by atoms with Crippen LogP contribution in [0.25, 0.3) is 10.2 Å². The Labute approximate surface area is 137 Å². The molecule has 0 spiro atoms. The molecular weight excluding hydrogens is 312 g/mol. The number of benzene rings is 1. The number of furan rings is 1. The van der Waals surface area contributed by atoms with Gasteiger partial charge in [0.25, 0.3) is 5.91 Å². The summed E-state index contributed by atoms with van der Waals surface area (Å²) in [6.45, 7) is 0.161. The highest BCUT2D eigenvalue weighted by atomic mass is 32.1. The third kappa shape index (κ3) is 2.54. The molecule has 23 heavy (non-hydrogen) atoms. The maximum atomic E-state index is 12.4. The third-order valence-electron chi connectivity index (χ3n) is 4.27. The number of nitrogens with one attached hydrogen (secondary N) is 1. The van der Waals surface area contributed by atoms with Crippen molar-refractivity contribution in [3.63, 3.8) is 0 Å². The Kier molecular flexibility index (Phi) is 3.43. The van der Waals surface area contributed by atoms with Crippen LogP contribution in [0.3, 0.4) is 0 Å². The van der Waals surface area contributed by atoms with Crippen LogP contribution in [-0.2, 0) is 12.0 Å². The predicted molar refractivity (Wildman–Crippen MR) is 87.5 cm³/mol. The van der Waals surface area contributed by atoms with Gasteiger partial charge in [0.05, 0.1) is 23.0 Å². The summed E-state index contributed by atoms with van der Waals surface area (Å²) in [5.74, 6) is 0.559. The zero-order valence-corrected chi connectivity index (χ0v) is 13.2. The number of fused-ring (bicyclic) bond motifs is 2. The second-order valence-electron chi connectivity index (χ2n) is 5.81. The number of nitrogens with zero attached hydrogens (tertiary/aromatic N) is 1. The number of rotatable bonds is 3. The summed E-state index contributed by atoms with van der Waals surface area (Å²) >= 11 is 1.35. The van der Waals surface area contributed by atoms with Crippen molar-refractivity contribution >= 4 is 27.5 Å². The molecule has 0 saturated carbocycles. The van der Waals surface area contributed by atoms with Crippen LogP contribution in [0.2, 0.25) is 0 Å². The summed E-state index contributed by atoms with van der Waals surface area (Å²) in [6, 6.07) is 9.44. The molecule has 2 N–H and O–H groups in total. The first-order valence-corrected chi connectivity index (χ1v) is 8.40. The lowest BCUT2D eigenvalue weighted by molar-refractivity contribution is 0.0169. The van der Waals surface area contributed by atoms with Gasteiger partial charge in [-0.15, -0.1) is 11.3 Å². The first kappa shape index (κ1) is 14.4. The number of amides is 1. The van der Waals surface area contributed by atoms with E-state index in [0.29, 0.717) is 11.4 Å². The van der Waals surface area contributed by atoms with Crippen molar-refractivity contribution < 1.29 is 14.3 Å². The van der Waals surface area contributed by atoms with Crippen LogP contribution in [-0.4, -0.2) is 22.5 Å². The molecule has 0 radical (unpaired) electrons. The van der Waals surface area contributed by atoms with Crippen molar-refractivity contribution in [3.05, 3.63) is 52.9 Å². The Balaban J connectivity index is 1.52. The Morgan fingerprint density at radius 1 is 1.39 bits per heavy atom. The van der Waals surface area contributed by atoms with Crippen molar-refractivity contribution in [2.24, 2.45) is 0 Å². The number of thiazole rings is 1. The molecule has 1 aliphatic rings. The highest BCUT2D eigenvalue weighted by Gasteiger charge is 2.36. The Morgan fingerprint density at radius 3 is 3.13 bits per heavy atom. The van der Waals surface area contributed by atoms with E-state index in [1.807, 2.05) is 24.3 Å². The fraction of sp³-hybridized carbons (Fsp3) is 0.294. The van der Waals surface area contributed by atoms with Crippen LogP contribution in [0, 0.1) is 0 Å². The molecular formula is C17H16N2O3S. The van der Waals surface area contributed by atoms with Crippen LogP contribution in [0.15, 0.2) is 41.0 Å². The summed E-state index contributed by atoms with van der Waals surface area (Å²) < 4.78 is 6.38. The minimum Gasteiger partial charge on any atom is -0.469 e. The second-order valence-corrected chi connectivity index (χ2v) is 6.84. The molecule has 0 bridgehead atoms. The topological polar surface area (TPSA) is 75.4 Å². The van der Waals surface area contributed by atoms with Crippen LogP contribution < -0.4 is 5.32 Å². The van der Waals surface area contributed by atoms with Crippen molar-refractivity contribution in [3.8, 4) is 0 Å². The van der Waals surface area contributed by atoms with E-state index in [0.717, 1.165) is 34.4 Å².